The maximum absolute atomic E-state index is 13.1. The molecular formula is C27H27F3N6O2. The molecule has 0 aliphatic carbocycles. The van der Waals surface area contributed by atoms with Crippen molar-refractivity contribution in [1.82, 2.24) is 19.3 Å². The van der Waals surface area contributed by atoms with Gasteiger partial charge in [0.15, 0.2) is 5.65 Å². The van der Waals surface area contributed by atoms with E-state index >= 15 is 0 Å². The molecule has 2 aromatic heterocycles. The molecule has 3 heterocycles. The van der Waals surface area contributed by atoms with E-state index in [-0.39, 0.29) is 18.2 Å². The van der Waals surface area contributed by atoms with E-state index in [1.54, 1.807) is 23.0 Å². The number of rotatable bonds is 6. The van der Waals surface area contributed by atoms with Crippen molar-refractivity contribution in [3.63, 3.8) is 0 Å². The fourth-order valence-corrected chi connectivity index (χ4v) is 4.64. The molecule has 8 nitrogen and oxygen atoms in total. The second kappa shape index (κ2) is 10.2. The number of ether oxygens (including phenoxy) is 1. The molecule has 1 aliphatic heterocycles. The van der Waals surface area contributed by atoms with Gasteiger partial charge in [0.25, 0.3) is 0 Å². The van der Waals surface area contributed by atoms with E-state index in [4.69, 9.17) is 0 Å². The number of piperazine rings is 1. The van der Waals surface area contributed by atoms with Crippen LogP contribution < -0.4 is 15.0 Å². The summed E-state index contributed by atoms with van der Waals surface area (Å²) in [7, 11) is 0. The lowest BCUT2D eigenvalue weighted by atomic mass is 10.1. The Morgan fingerprint density at radius 1 is 1.05 bits per heavy atom. The zero-order chi connectivity index (χ0) is 26.9. The number of hydrogen-bond donors (Lipinski definition) is 1. The lowest BCUT2D eigenvalue weighted by Crippen LogP contribution is -2.50. The van der Waals surface area contributed by atoms with Crippen molar-refractivity contribution in [2.24, 2.45) is 0 Å². The predicted molar refractivity (Wildman–Crippen MR) is 138 cm³/mol. The predicted octanol–water partition coefficient (Wildman–Crippen LogP) is 4.67. The Morgan fingerprint density at radius 3 is 2.50 bits per heavy atom. The van der Waals surface area contributed by atoms with Crippen molar-refractivity contribution < 1.29 is 22.7 Å². The minimum atomic E-state index is -4.77. The zero-order valence-corrected chi connectivity index (χ0v) is 21.0. The molecule has 1 aliphatic rings. The second-order valence-electron chi connectivity index (χ2n) is 9.13. The molecule has 4 aromatic rings. The molecule has 1 amide bonds. The highest BCUT2D eigenvalue weighted by Crippen LogP contribution is 2.31. The third kappa shape index (κ3) is 5.36. The number of aromatic nitrogens is 3. The minimum absolute atomic E-state index is 0.0435. The van der Waals surface area contributed by atoms with Crippen LogP contribution in [0.2, 0.25) is 0 Å². The van der Waals surface area contributed by atoms with E-state index in [1.807, 2.05) is 4.90 Å². The lowest BCUT2D eigenvalue weighted by Gasteiger charge is -2.37. The highest BCUT2D eigenvalue weighted by atomic mass is 19.4. The monoisotopic (exact) mass is 524 g/mol. The number of fused-ring (bicyclic) bond motifs is 1. The van der Waals surface area contributed by atoms with Crippen LogP contribution in [0.5, 0.6) is 5.75 Å². The Morgan fingerprint density at radius 2 is 1.79 bits per heavy atom. The van der Waals surface area contributed by atoms with Gasteiger partial charge in [-0.05, 0) is 55.3 Å². The van der Waals surface area contributed by atoms with Gasteiger partial charge in [-0.1, -0.05) is 12.1 Å². The van der Waals surface area contributed by atoms with Crippen molar-refractivity contribution in [2.75, 3.05) is 42.9 Å². The average molecular weight is 525 g/mol. The van der Waals surface area contributed by atoms with Crippen LogP contribution in [0.4, 0.5) is 24.7 Å². The largest absolute Gasteiger partial charge is 0.573 e. The quantitative estimate of drug-likeness (QED) is 0.395. The van der Waals surface area contributed by atoms with Crippen molar-refractivity contribution in [2.45, 2.75) is 20.2 Å². The Hall–Kier alpha value is -4.28. The molecule has 198 valence electrons. The van der Waals surface area contributed by atoms with Crippen molar-refractivity contribution >= 4 is 23.1 Å². The van der Waals surface area contributed by atoms with Gasteiger partial charge >= 0.3 is 6.36 Å². The molecule has 1 saturated heterocycles. The fraction of sp³-hybridized carbons (Fsp3) is 0.296. The molecule has 1 N–H and O–H groups in total. The molecular weight excluding hydrogens is 497 g/mol. The lowest BCUT2D eigenvalue weighted by molar-refractivity contribution is -0.274. The number of anilines is 2. The molecule has 0 radical (unpaired) electrons. The summed E-state index contributed by atoms with van der Waals surface area (Å²) in [5, 5.41) is 3.20. The number of carbonyl (C=O) groups is 1. The molecule has 11 heteroatoms. The van der Waals surface area contributed by atoms with Gasteiger partial charge in [0.05, 0.1) is 12.7 Å². The van der Waals surface area contributed by atoms with E-state index in [9.17, 15) is 18.0 Å². The molecule has 0 atom stereocenters. The maximum atomic E-state index is 13.1. The summed E-state index contributed by atoms with van der Waals surface area (Å²) in [4.78, 5) is 25.9. The number of nitrogens with one attached hydrogen (secondary N) is 1. The number of halogens is 3. The minimum Gasteiger partial charge on any atom is -0.406 e. The highest BCUT2D eigenvalue weighted by molar-refractivity contribution is 5.84. The molecule has 2 aromatic carbocycles. The van der Waals surface area contributed by atoms with Gasteiger partial charge < -0.3 is 19.9 Å². The molecule has 0 unspecified atom stereocenters. The molecule has 0 saturated carbocycles. The van der Waals surface area contributed by atoms with Gasteiger partial charge in [-0.15, -0.1) is 13.2 Å². The van der Waals surface area contributed by atoms with Crippen LogP contribution in [0.15, 0.2) is 61.1 Å². The summed E-state index contributed by atoms with van der Waals surface area (Å²) < 4.78 is 43.4. The smallest absolute Gasteiger partial charge is 0.406 e. The first-order valence-corrected chi connectivity index (χ1v) is 12.2. The molecule has 5 rings (SSSR count). The number of amides is 1. The zero-order valence-electron chi connectivity index (χ0n) is 21.0. The number of benzene rings is 2. The SMILES string of the molecule is Cc1cccc(N2CCN(C(=O)CNc3c(-c4ccc(OC(F)(F)F)cc4)nc4cnccn34)CC2)c1C. The number of carbonyl (C=O) groups excluding carboxylic acids is 1. The standard InChI is InChI=1S/C27H27F3N6O2/c1-18-4-3-5-22(19(18)2)34-12-14-35(15-13-34)24(37)17-32-26-25(33-23-16-31-10-11-36(23)26)20-6-8-21(9-7-20)38-27(28,29)30/h3-11,16,32H,12-15,17H2,1-2H3. The summed E-state index contributed by atoms with van der Waals surface area (Å²) in [6.07, 6.45) is 0.110. The van der Waals surface area contributed by atoms with Crippen molar-refractivity contribution in [1.29, 1.82) is 0 Å². The number of aryl methyl sites for hydroxylation is 1. The van der Waals surface area contributed by atoms with Crippen molar-refractivity contribution in [3.05, 3.63) is 72.2 Å². The van der Waals surface area contributed by atoms with Crippen LogP contribution >= 0.6 is 0 Å². The van der Waals surface area contributed by atoms with E-state index in [0.717, 1.165) is 13.1 Å². The van der Waals surface area contributed by atoms with E-state index in [1.165, 1.54) is 41.1 Å². The average Bonchev–Trinajstić information content (AvgIpc) is 3.27. The number of nitrogens with zero attached hydrogens (tertiary/aromatic N) is 5. The van der Waals surface area contributed by atoms with Crippen LogP contribution in [-0.2, 0) is 4.79 Å². The van der Waals surface area contributed by atoms with Crippen molar-refractivity contribution in [3.8, 4) is 17.0 Å². The third-order valence-electron chi connectivity index (χ3n) is 6.75. The summed E-state index contributed by atoms with van der Waals surface area (Å²) in [5.74, 6) is 0.181. The van der Waals surface area contributed by atoms with Gasteiger partial charge in [0, 0.05) is 49.8 Å². The van der Waals surface area contributed by atoms with Crippen LogP contribution in [0, 0.1) is 13.8 Å². The Balaban J connectivity index is 1.29. The van der Waals surface area contributed by atoms with E-state index in [0.29, 0.717) is 35.8 Å². The summed E-state index contributed by atoms with van der Waals surface area (Å²) in [6.45, 7) is 6.97. The fourth-order valence-electron chi connectivity index (χ4n) is 4.64. The second-order valence-corrected chi connectivity index (χ2v) is 9.13. The van der Waals surface area contributed by atoms with Crippen LogP contribution in [0.25, 0.3) is 16.9 Å². The first-order valence-electron chi connectivity index (χ1n) is 12.2. The Kier molecular flexibility index (Phi) is 6.83. The number of hydrogen-bond acceptors (Lipinski definition) is 6. The Labute approximate surface area is 217 Å². The number of imidazole rings is 1. The summed E-state index contributed by atoms with van der Waals surface area (Å²) in [6, 6.07) is 11.7. The first-order chi connectivity index (χ1) is 18.2. The van der Waals surface area contributed by atoms with Crippen LogP contribution in [0.3, 0.4) is 0 Å². The van der Waals surface area contributed by atoms with Gasteiger partial charge in [-0.3, -0.25) is 14.2 Å². The Bertz CT molecular complexity index is 1440. The molecule has 1 fully saturated rings. The molecule has 38 heavy (non-hydrogen) atoms. The van der Waals surface area contributed by atoms with Gasteiger partial charge in [-0.2, -0.15) is 0 Å². The normalized spacial score (nSPS) is 14.1. The number of alkyl halides is 3. The maximum Gasteiger partial charge on any atom is 0.573 e. The van der Waals surface area contributed by atoms with Gasteiger partial charge in [0.2, 0.25) is 5.91 Å². The third-order valence-corrected chi connectivity index (χ3v) is 6.75. The van der Waals surface area contributed by atoms with Crippen LogP contribution in [-0.4, -0.2) is 64.3 Å². The highest BCUT2D eigenvalue weighted by Gasteiger charge is 2.31. The first kappa shape index (κ1) is 25.4. The van der Waals surface area contributed by atoms with E-state index < -0.39 is 6.36 Å². The van der Waals surface area contributed by atoms with Gasteiger partial charge in [0.1, 0.15) is 17.3 Å². The molecule has 0 spiro atoms. The van der Waals surface area contributed by atoms with Gasteiger partial charge in [-0.25, -0.2) is 4.98 Å². The van der Waals surface area contributed by atoms with E-state index in [2.05, 4.69) is 57.0 Å². The van der Waals surface area contributed by atoms with Crippen LogP contribution in [0.1, 0.15) is 11.1 Å². The molecule has 0 bridgehead atoms. The summed E-state index contributed by atoms with van der Waals surface area (Å²) >= 11 is 0. The topological polar surface area (TPSA) is 75.0 Å². The summed E-state index contributed by atoms with van der Waals surface area (Å²) in [5.41, 5.74) is 5.29.